The largest absolute Gasteiger partial charge is 0.224 e. The smallest absolute Gasteiger partial charge is 0.0667 e. The highest BCUT2D eigenvalue weighted by Crippen LogP contribution is 2.30. The van der Waals surface area contributed by atoms with Crippen molar-refractivity contribution >= 4 is 11.4 Å². The van der Waals surface area contributed by atoms with Gasteiger partial charge in [-0.3, -0.25) is 0 Å². The van der Waals surface area contributed by atoms with Crippen LogP contribution in [-0.2, 0) is 4.94 Å². The Bertz CT molecular complexity index is 542. The van der Waals surface area contributed by atoms with Gasteiger partial charge in [-0.05, 0) is 65.8 Å². The Morgan fingerprint density at radius 3 is 1.13 bits per heavy atom. The lowest BCUT2D eigenvalue weighted by Gasteiger charge is -2.44. The van der Waals surface area contributed by atoms with Gasteiger partial charge in [0, 0.05) is 0 Å². The monoisotopic (exact) mass is 312 g/mol. The van der Waals surface area contributed by atoms with Crippen molar-refractivity contribution in [3.8, 4) is 0 Å². The molecule has 0 aromatic heterocycles. The topological polar surface area (TPSA) is 15.7 Å². The molecule has 0 atom stereocenters. The van der Waals surface area contributed by atoms with E-state index in [0.29, 0.717) is 0 Å². The van der Waals surface area contributed by atoms with Gasteiger partial charge in [0.05, 0.1) is 22.5 Å². The Morgan fingerprint density at radius 2 is 0.870 bits per heavy atom. The van der Waals surface area contributed by atoms with E-state index in [-0.39, 0.29) is 11.1 Å². The van der Waals surface area contributed by atoms with Crippen LogP contribution in [0.25, 0.3) is 0 Å². The predicted octanol–water partition coefficient (Wildman–Crippen LogP) is 5.44. The van der Waals surface area contributed by atoms with Crippen molar-refractivity contribution in [2.24, 2.45) is 0 Å². The third-order valence-corrected chi connectivity index (χ3v) is 3.36. The van der Waals surface area contributed by atoms with Crippen LogP contribution in [-0.4, -0.2) is 11.1 Å². The van der Waals surface area contributed by atoms with Gasteiger partial charge < -0.3 is 0 Å². The molecule has 0 spiro atoms. The van der Waals surface area contributed by atoms with Gasteiger partial charge >= 0.3 is 0 Å². The molecular weight excluding hydrogens is 284 g/mol. The molecule has 0 saturated carbocycles. The van der Waals surface area contributed by atoms with E-state index in [1.54, 1.807) is 0 Å². The summed E-state index contributed by atoms with van der Waals surface area (Å²) >= 11 is 0. The Balaban J connectivity index is 2.39. The van der Waals surface area contributed by atoms with Gasteiger partial charge in [0.15, 0.2) is 0 Å². The number of nitrogens with zero attached hydrogens (tertiary/aromatic N) is 2. The van der Waals surface area contributed by atoms with Crippen molar-refractivity contribution in [2.75, 3.05) is 10.1 Å². The molecule has 2 aromatic rings. The van der Waals surface area contributed by atoms with Crippen LogP contribution in [0.4, 0.5) is 11.4 Å². The normalized spacial score (nSPS) is 12.1. The van der Waals surface area contributed by atoms with Crippen LogP contribution >= 0.6 is 0 Å². The summed E-state index contributed by atoms with van der Waals surface area (Å²) in [6.07, 6.45) is 0. The summed E-state index contributed by atoms with van der Waals surface area (Å²) in [6, 6.07) is 20.4. The number of hydrogen-bond acceptors (Lipinski definition) is 3. The maximum atomic E-state index is 6.42. The fourth-order valence-corrected chi connectivity index (χ4v) is 2.32. The van der Waals surface area contributed by atoms with Crippen LogP contribution in [0.2, 0.25) is 0 Å². The molecule has 0 unspecified atom stereocenters. The van der Waals surface area contributed by atoms with E-state index in [1.807, 2.05) is 46.5 Å². The first-order valence-corrected chi connectivity index (χ1v) is 8.08. The molecule has 0 amide bonds. The van der Waals surface area contributed by atoms with E-state index in [2.05, 4.69) is 65.8 Å². The average Bonchev–Trinajstić information content (AvgIpc) is 2.47. The van der Waals surface area contributed by atoms with Gasteiger partial charge in [0.1, 0.15) is 0 Å². The fraction of sp³-hybridized carbons (Fsp3) is 0.400. The lowest BCUT2D eigenvalue weighted by molar-refractivity contribution is 0.0150. The number of anilines is 2. The standard InChI is InChI=1S/C20H28N2O/c1-19(2,3)21(17-13-9-7-10-14-17)23-22(20(4,5)6)18-15-11-8-12-16-18/h7-16H,1-6H3. The van der Waals surface area contributed by atoms with E-state index >= 15 is 0 Å². The molecule has 0 radical (unpaired) electrons. The maximum absolute atomic E-state index is 6.42. The predicted molar refractivity (Wildman–Crippen MR) is 98.4 cm³/mol. The highest BCUT2D eigenvalue weighted by molar-refractivity contribution is 5.49. The SMILES string of the molecule is CC(C)(C)N(ON(c1ccccc1)C(C)(C)C)c1ccccc1. The first-order chi connectivity index (χ1) is 10.7. The molecule has 0 N–H and O–H groups in total. The van der Waals surface area contributed by atoms with E-state index in [9.17, 15) is 0 Å². The molecule has 2 aromatic carbocycles. The molecule has 0 bridgehead atoms. The van der Waals surface area contributed by atoms with Crippen LogP contribution in [0.15, 0.2) is 60.7 Å². The number of rotatable bonds is 4. The summed E-state index contributed by atoms with van der Waals surface area (Å²) in [6.45, 7) is 12.9. The van der Waals surface area contributed by atoms with Crippen LogP contribution in [0, 0.1) is 0 Å². The summed E-state index contributed by atoms with van der Waals surface area (Å²) in [5, 5.41) is 3.93. The van der Waals surface area contributed by atoms with Gasteiger partial charge in [0.25, 0.3) is 0 Å². The van der Waals surface area contributed by atoms with Crippen molar-refractivity contribution in [2.45, 2.75) is 52.6 Å². The van der Waals surface area contributed by atoms with Crippen molar-refractivity contribution in [3.63, 3.8) is 0 Å². The Kier molecular flexibility index (Phi) is 5.00. The minimum atomic E-state index is -0.181. The molecule has 0 aliphatic rings. The zero-order valence-electron chi connectivity index (χ0n) is 15.1. The summed E-state index contributed by atoms with van der Waals surface area (Å²) < 4.78 is 0. The van der Waals surface area contributed by atoms with Crippen molar-refractivity contribution in [1.29, 1.82) is 0 Å². The average molecular weight is 312 g/mol. The van der Waals surface area contributed by atoms with Gasteiger partial charge in [0.2, 0.25) is 0 Å². The zero-order chi connectivity index (χ0) is 17.1. The highest BCUT2D eigenvalue weighted by atomic mass is 16.8. The highest BCUT2D eigenvalue weighted by Gasteiger charge is 2.31. The van der Waals surface area contributed by atoms with Gasteiger partial charge in [-0.2, -0.15) is 4.94 Å². The number of para-hydroxylation sites is 2. The second kappa shape index (κ2) is 6.63. The number of hydrogen-bond donors (Lipinski definition) is 0. The van der Waals surface area contributed by atoms with E-state index in [4.69, 9.17) is 4.94 Å². The lowest BCUT2D eigenvalue weighted by Crippen LogP contribution is -2.52. The molecule has 2 rings (SSSR count). The van der Waals surface area contributed by atoms with E-state index < -0.39 is 0 Å². The zero-order valence-corrected chi connectivity index (χ0v) is 15.1. The Morgan fingerprint density at radius 1 is 0.565 bits per heavy atom. The first-order valence-electron chi connectivity index (χ1n) is 8.08. The molecule has 0 heterocycles. The molecule has 0 aliphatic heterocycles. The molecule has 3 heteroatoms. The number of benzene rings is 2. The second-order valence-electron chi connectivity index (χ2n) is 7.68. The quantitative estimate of drug-likeness (QED) is 0.699. The Hall–Kier alpha value is -2.00. The van der Waals surface area contributed by atoms with Crippen LogP contribution in [0.3, 0.4) is 0 Å². The summed E-state index contributed by atoms with van der Waals surface area (Å²) in [5.74, 6) is 0. The lowest BCUT2D eigenvalue weighted by atomic mass is 10.1. The molecule has 0 saturated heterocycles. The fourth-order valence-electron chi connectivity index (χ4n) is 2.32. The molecule has 0 aliphatic carbocycles. The van der Waals surface area contributed by atoms with Gasteiger partial charge in [-0.1, -0.05) is 36.4 Å². The molecule has 124 valence electrons. The summed E-state index contributed by atoms with van der Waals surface area (Å²) in [7, 11) is 0. The molecule has 0 fully saturated rings. The summed E-state index contributed by atoms with van der Waals surface area (Å²) in [4.78, 5) is 6.42. The second-order valence-corrected chi connectivity index (χ2v) is 7.68. The van der Waals surface area contributed by atoms with Gasteiger partial charge in [-0.15, -0.1) is 0 Å². The number of hydroxylamine groups is 2. The van der Waals surface area contributed by atoms with Crippen LogP contribution < -0.4 is 10.1 Å². The van der Waals surface area contributed by atoms with E-state index in [1.165, 1.54) is 0 Å². The minimum Gasteiger partial charge on any atom is -0.224 e. The van der Waals surface area contributed by atoms with Crippen molar-refractivity contribution in [3.05, 3.63) is 60.7 Å². The van der Waals surface area contributed by atoms with Crippen LogP contribution in [0.1, 0.15) is 41.5 Å². The minimum absolute atomic E-state index is 0.181. The summed E-state index contributed by atoms with van der Waals surface area (Å²) in [5.41, 5.74) is 1.70. The van der Waals surface area contributed by atoms with Crippen molar-refractivity contribution < 1.29 is 4.94 Å². The van der Waals surface area contributed by atoms with Crippen molar-refractivity contribution in [1.82, 2.24) is 0 Å². The Labute approximate surface area is 140 Å². The first kappa shape index (κ1) is 17.4. The van der Waals surface area contributed by atoms with Gasteiger partial charge in [-0.25, -0.2) is 10.1 Å². The van der Waals surface area contributed by atoms with E-state index in [0.717, 1.165) is 11.4 Å². The third kappa shape index (κ3) is 4.49. The molecule has 3 nitrogen and oxygen atoms in total. The van der Waals surface area contributed by atoms with Crippen LogP contribution in [0.5, 0.6) is 0 Å². The molecule has 23 heavy (non-hydrogen) atoms. The maximum Gasteiger partial charge on any atom is 0.0667 e. The molecular formula is C20H28N2O. The third-order valence-electron chi connectivity index (χ3n) is 3.36.